The minimum atomic E-state index is -0.0382. The van der Waals surface area contributed by atoms with Crippen LogP contribution in [0, 0.1) is 0 Å². The second kappa shape index (κ2) is 7.17. The largest absolute Gasteiger partial charge is 0.508 e. The Morgan fingerprint density at radius 3 is 2.26 bits per heavy atom. The molecule has 1 aromatic heterocycles. The van der Waals surface area contributed by atoms with Gasteiger partial charge < -0.3 is 10.0 Å². The fourth-order valence-corrected chi connectivity index (χ4v) is 3.47. The topological polar surface area (TPSA) is 66.3 Å². The molecule has 4 aromatic rings. The number of amides is 1. The second-order valence-corrected chi connectivity index (χ2v) is 6.90. The molecule has 0 saturated carbocycles. The zero-order valence-electron chi connectivity index (χ0n) is 14.7. The van der Waals surface area contributed by atoms with E-state index in [0.717, 1.165) is 27.7 Å². The summed E-state index contributed by atoms with van der Waals surface area (Å²) in [6.07, 6.45) is 0. The van der Waals surface area contributed by atoms with Gasteiger partial charge in [-0.2, -0.15) is 8.75 Å². The number of fused-ring (bicyclic) bond motifs is 1. The van der Waals surface area contributed by atoms with E-state index in [4.69, 9.17) is 0 Å². The van der Waals surface area contributed by atoms with E-state index in [2.05, 4.69) is 8.75 Å². The van der Waals surface area contributed by atoms with Gasteiger partial charge in [0.05, 0.1) is 11.7 Å². The summed E-state index contributed by atoms with van der Waals surface area (Å²) in [5.74, 6) is 0.197. The maximum absolute atomic E-state index is 12.7. The standard InChI is InChI=1S/C21H17N3O2S/c1-24(13-14-2-11-19-20(12-14)23-27-22-19)21(26)17-5-3-15(4-6-17)16-7-9-18(25)10-8-16/h2-12,25H,13H2,1H3. The maximum atomic E-state index is 12.7. The number of rotatable bonds is 4. The molecule has 0 aliphatic rings. The van der Waals surface area contributed by atoms with E-state index in [0.29, 0.717) is 12.1 Å². The van der Waals surface area contributed by atoms with Crippen LogP contribution >= 0.6 is 11.7 Å². The third-order valence-corrected chi connectivity index (χ3v) is 4.97. The fourth-order valence-electron chi connectivity index (χ4n) is 2.95. The number of aromatic hydroxyl groups is 1. The molecule has 3 aromatic carbocycles. The van der Waals surface area contributed by atoms with E-state index in [1.807, 2.05) is 54.6 Å². The molecule has 5 nitrogen and oxygen atoms in total. The Balaban J connectivity index is 1.48. The zero-order valence-corrected chi connectivity index (χ0v) is 15.5. The van der Waals surface area contributed by atoms with Gasteiger partial charge in [-0.25, -0.2) is 0 Å². The van der Waals surface area contributed by atoms with Crippen LogP contribution in [0.4, 0.5) is 0 Å². The van der Waals surface area contributed by atoms with Gasteiger partial charge in [-0.1, -0.05) is 30.3 Å². The van der Waals surface area contributed by atoms with Crippen LogP contribution in [-0.4, -0.2) is 31.7 Å². The van der Waals surface area contributed by atoms with Crippen molar-refractivity contribution in [2.75, 3.05) is 7.05 Å². The highest BCUT2D eigenvalue weighted by molar-refractivity contribution is 7.00. The number of phenols is 1. The van der Waals surface area contributed by atoms with E-state index in [1.54, 1.807) is 24.1 Å². The van der Waals surface area contributed by atoms with Gasteiger partial charge in [0.1, 0.15) is 16.8 Å². The normalized spacial score (nSPS) is 10.9. The molecule has 0 saturated heterocycles. The van der Waals surface area contributed by atoms with Crippen molar-refractivity contribution in [1.29, 1.82) is 0 Å². The number of nitrogens with zero attached hydrogens (tertiary/aromatic N) is 3. The zero-order chi connectivity index (χ0) is 18.8. The lowest BCUT2D eigenvalue weighted by molar-refractivity contribution is 0.0785. The van der Waals surface area contributed by atoms with Crippen LogP contribution in [0.5, 0.6) is 5.75 Å². The summed E-state index contributed by atoms with van der Waals surface area (Å²) in [5, 5.41) is 9.39. The Hall–Kier alpha value is -3.25. The molecule has 0 bridgehead atoms. The van der Waals surface area contributed by atoms with Crippen LogP contribution < -0.4 is 0 Å². The van der Waals surface area contributed by atoms with Crippen LogP contribution in [0.1, 0.15) is 15.9 Å². The molecule has 27 heavy (non-hydrogen) atoms. The van der Waals surface area contributed by atoms with Crippen molar-refractivity contribution in [1.82, 2.24) is 13.6 Å². The number of hydrogen-bond acceptors (Lipinski definition) is 5. The average molecular weight is 375 g/mol. The molecule has 0 fully saturated rings. The lowest BCUT2D eigenvalue weighted by atomic mass is 10.0. The first-order valence-electron chi connectivity index (χ1n) is 8.46. The quantitative estimate of drug-likeness (QED) is 0.576. The molecule has 0 unspecified atom stereocenters. The third kappa shape index (κ3) is 3.66. The van der Waals surface area contributed by atoms with Crippen LogP contribution in [-0.2, 0) is 6.54 Å². The predicted molar refractivity (Wildman–Crippen MR) is 107 cm³/mol. The number of carbonyl (C=O) groups excluding carboxylic acids is 1. The van der Waals surface area contributed by atoms with Crippen LogP contribution in [0.2, 0.25) is 0 Å². The highest BCUT2D eigenvalue weighted by Gasteiger charge is 2.13. The fraction of sp³-hybridized carbons (Fsp3) is 0.0952. The van der Waals surface area contributed by atoms with E-state index in [-0.39, 0.29) is 11.7 Å². The Morgan fingerprint density at radius 1 is 0.926 bits per heavy atom. The van der Waals surface area contributed by atoms with Gasteiger partial charge in [-0.15, -0.1) is 0 Å². The Morgan fingerprint density at radius 2 is 1.56 bits per heavy atom. The molecule has 0 aliphatic carbocycles. The molecule has 1 heterocycles. The van der Waals surface area contributed by atoms with Crippen LogP contribution in [0.25, 0.3) is 22.2 Å². The number of hydrogen-bond donors (Lipinski definition) is 1. The van der Waals surface area contributed by atoms with Gasteiger partial charge in [-0.3, -0.25) is 4.79 Å². The van der Waals surface area contributed by atoms with Crippen molar-refractivity contribution in [3.8, 4) is 16.9 Å². The van der Waals surface area contributed by atoms with E-state index < -0.39 is 0 Å². The summed E-state index contributed by atoms with van der Waals surface area (Å²) < 4.78 is 8.44. The molecular weight excluding hydrogens is 358 g/mol. The minimum Gasteiger partial charge on any atom is -0.508 e. The first kappa shape index (κ1) is 17.2. The van der Waals surface area contributed by atoms with Crippen LogP contribution in [0.3, 0.4) is 0 Å². The van der Waals surface area contributed by atoms with Gasteiger partial charge >= 0.3 is 0 Å². The predicted octanol–water partition coefficient (Wildman–Crippen LogP) is 4.34. The van der Waals surface area contributed by atoms with Crippen molar-refractivity contribution in [2.45, 2.75) is 6.54 Å². The number of benzene rings is 3. The lowest BCUT2D eigenvalue weighted by Gasteiger charge is -2.17. The van der Waals surface area contributed by atoms with Gasteiger partial charge in [-0.05, 0) is 53.1 Å². The summed E-state index contributed by atoms with van der Waals surface area (Å²) in [5.41, 5.74) is 5.38. The molecule has 0 atom stereocenters. The molecule has 0 radical (unpaired) electrons. The molecule has 1 amide bonds. The summed E-state index contributed by atoms with van der Waals surface area (Å²) in [6.45, 7) is 0.506. The van der Waals surface area contributed by atoms with Crippen LogP contribution in [0.15, 0.2) is 66.7 Å². The first-order valence-corrected chi connectivity index (χ1v) is 9.19. The second-order valence-electron chi connectivity index (χ2n) is 6.37. The number of aromatic nitrogens is 2. The van der Waals surface area contributed by atoms with Gasteiger partial charge in [0, 0.05) is 19.2 Å². The molecule has 1 N–H and O–H groups in total. The van der Waals surface area contributed by atoms with E-state index in [9.17, 15) is 9.90 Å². The van der Waals surface area contributed by atoms with Gasteiger partial charge in [0.2, 0.25) is 0 Å². The lowest BCUT2D eigenvalue weighted by Crippen LogP contribution is -2.26. The van der Waals surface area contributed by atoms with E-state index in [1.165, 1.54) is 11.7 Å². The Kier molecular flexibility index (Phi) is 4.56. The summed E-state index contributed by atoms with van der Waals surface area (Å²) in [6, 6.07) is 20.4. The van der Waals surface area contributed by atoms with Crippen molar-refractivity contribution in [3.63, 3.8) is 0 Å². The molecule has 134 valence electrons. The Labute approximate surface area is 160 Å². The first-order chi connectivity index (χ1) is 13.1. The average Bonchev–Trinajstić information content (AvgIpc) is 3.16. The van der Waals surface area contributed by atoms with Crippen molar-refractivity contribution in [3.05, 3.63) is 77.9 Å². The van der Waals surface area contributed by atoms with Crippen molar-refractivity contribution in [2.24, 2.45) is 0 Å². The van der Waals surface area contributed by atoms with Gasteiger partial charge in [0.25, 0.3) is 5.91 Å². The smallest absolute Gasteiger partial charge is 0.253 e. The van der Waals surface area contributed by atoms with Crippen molar-refractivity contribution >= 4 is 28.7 Å². The summed E-state index contributed by atoms with van der Waals surface area (Å²) >= 11 is 1.19. The minimum absolute atomic E-state index is 0.0382. The highest BCUT2D eigenvalue weighted by atomic mass is 32.1. The molecular formula is C21H17N3O2S. The van der Waals surface area contributed by atoms with Crippen molar-refractivity contribution < 1.29 is 9.90 Å². The monoisotopic (exact) mass is 375 g/mol. The SMILES string of the molecule is CN(Cc1ccc2nsnc2c1)C(=O)c1ccc(-c2ccc(O)cc2)cc1. The maximum Gasteiger partial charge on any atom is 0.253 e. The number of phenolic OH excluding ortho intramolecular Hbond substituents is 1. The molecule has 0 spiro atoms. The highest BCUT2D eigenvalue weighted by Crippen LogP contribution is 2.23. The number of carbonyl (C=O) groups is 1. The summed E-state index contributed by atoms with van der Waals surface area (Å²) in [4.78, 5) is 14.4. The molecule has 0 aliphatic heterocycles. The molecule has 4 rings (SSSR count). The third-order valence-electron chi connectivity index (χ3n) is 4.42. The summed E-state index contributed by atoms with van der Waals surface area (Å²) in [7, 11) is 1.79. The Bertz CT molecular complexity index is 1090. The van der Waals surface area contributed by atoms with Gasteiger partial charge in [0.15, 0.2) is 0 Å². The molecule has 6 heteroatoms. The van der Waals surface area contributed by atoms with E-state index >= 15 is 0 Å².